The van der Waals surface area contributed by atoms with Crippen molar-refractivity contribution in [3.05, 3.63) is 48.2 Å². The van der Waals surface area contributed by atoms with Crippen molar-refractivity contribution in [2.24, 2.45) is 0 Å². The van der Waals surface area contributed by atoms with Gasteiger partial charge in [0, 0.05) is 16.9 Å². The van der Waals surface area contributed by atoms with E-state index in [0.717, 1.165) is 17.8 Å². The number of hydrogen-bond donors (Lipinski definition) is 1. The van der Waals surface area contributed by atoms with Crippen LogP contribution in [0, 0.1) is 0 Å². The summed E-state index contributed by atoms with van der Waals surface area (Å²) in [7, 11) is 0. The molecule has 78 valence electrons. The van der Waals surface area contributed by atoms with Crippen molar-refractivity contribution in [2.45, 2.75) is 26.2 Å². The van der Waals surface area contributed by atoms with Crippen LogP contribution in [-0.2, 0) is 6.42 Å². The summed E-state index contributed by atoms with van der Waals surface area (Å²) in [6, 6.07) is 6.40. The van der Waals surface area contributed by atoms with Crippen LogP contribution in [0.1, 0.15) is 30.9 Å². The second kappa shape index (κ2) is 3.93. The molecule has 1 nitrogen and oxygen atoms in total. The van der Waals surface area contributed by atoms with E-state index in [9.17, 15) is 0 Å². The van der Waals surface area contributed by atoms with Gasteiger partial charge in [-0.2, -0.15) is 0 Å². The van der Waals surface area contributed by atoms with E-state index >= 15 is 0 Å². The van der Waals surface area contributed by atoms with Gasteiger partial charge in [0.1, 0.15) is 0 Å². The van der Waals surface area contributed by atoms with E-state index in [-0.39, 0.29) is 0 Å². The fourth-order valence-electron chi connectivity index (χ4n) is 2.18. The summed E-state index contributed by atoms with van der Waals surface area (Å²) < 4.78 is 0. The van der Waals surface area contributed by atoms with Crippen LogP contribution < -0.4 is 5.32 Å². The molecule has 1 heteroatoms. The van der Waals surface area contributed by atoms with Crippen LogP contribution in [0.4, 0.5) is 5.69 Å². The number of allylic oxidation sites excluding steroid dienone is 2. The Labute approximate surface area is 91.5 Å². The van der Waals surface area contributed by atoms with E-state index in [2.05, 4.69) is 36.7 Å². The van der Waals surface area contributed by atoms with Gasteiger partial charge in [-0.1, -0.05) is 25.3 Å². The maximum absolute atomic E-state index is 4.15. The van der Waals surface area contributed by atoms with Crippen molar-refractivity contribution in [1.29, 1.82) is 0 Å². The molecule has 0 unspecified atom stereocenters. The third-order valence-corrected chi connectivity index (χ3v) is 2.78. The van der Waals surface area contributed by atoms with Gasteiger partial charge in [0.2, 0.25) is 0 Å². The van der Waals surface area contributed by atoms with Gasteiger partial charge >= 0.3 is 0 Å². The summed E-state index contributed by atoms with van der Waals surface area (Å²) in [6.45, 7) is 10.0. The lowest BCUT2D eigenvalue weighted by molar-refractivity contribution is 0.824. The van der Waals surface area contributed by atoms with Gasteiger partial charge in [-0.25, -0.2) is 0 Å². The Bertz CT molecular complexity index is 415. The lowest BCUT2D eigenvalue weighted by atomic mass is 9.87. The maximum atomic E-state index is 4.15. The molecule has 1 aliphatic carbocycles. The van der Waals surface area contributed by atoms with Crippen molar-refractivity contribution in [2.75, 3.05) is 5.32 Å². The summed E-state index contributed by atoms with van der Waals surface area (Å²) in [5.41, 5.74) is 6.11. The van der Waals surface area contributed by atoms with E-state index in [4.69, 9.17) is 0 Å². The average Bonchev–Trinajstić information content (AvgIpc) is 2.17. The first-order chi connectivity index (χ1) is 7.18. The van der Waals surface area contributed by atoms with E-state index in [1.54, 1.807) is 0 Å². The van der Waals surface area contributed by atoms with Crippen LogP contribution in [-0.4, -0.2) is 0 Å². The lowest BCUT2D eigenvalue weighted by Gasteiger charge is -2.22. The molecule has 0 fully saturated rings. The predicted molar refractivity (Wildman–Crippen MR) is 66.9 cm³/mol. The quantitative estimate of drug-likeness (QED) is 0.759. The molecule has 0 atom stereocenters. The Morgan fingerprint density at radius 1 is 1.33 bits per heavy atom. The zero-order chi connectivity index (χ0) is 10.8. The molecule has 0 bridgehead atoms. The van der Waals surface area contributed by atoms with Gasteiger partial charge in [-0.15, -0.1) is 0 Å². The smallest absolute Gasteiger partial charge is 0.0460 e. The van der Waals surface area contributed by atoms with Gasteiger partial charge in [-0.05, 0) is 43.4 Å². The number of nitrogens with one attached hydrogen (secondary N) is 1. The highest BCUT2D eigenvalue weighted by Crippen LogP contribution is 2.35. The van der Waals surface area contributed by atoms with Crippen LogP contribution in [0.3, 0.4) is 0 Å². The first-order valence-electron chi connectivity index (χ1n) is 5.41. The molecular formula is C14H17N. The molecule has 0 aromatic heterocycles. The Balaban J connectivity index is 2.46. The highest BCUT2D eigenvalue weighted by Gasteiger charge is 2.15. The van der Waals surface area contributed by atoms with Gasteiger partial charge < -0.3 is 5.32 Å². The summed E-state index contributed by atoms with van der Waals surface area (Å²) >= 11 is 0. The zero-order valence-electron chi connectivity index (χ0n) is 9.27. The second-order valence-corrected chi connectivity index (χ2v) is 4.20. The molecule has 0 spiro atoms. The summed E-state index contributed by atoms with van der Waals surface area (Å²) in [4.78, 5) is 0. The van der Waals surface area contributed by atoms with Crippen molar-refractivity contribution in [3.63, 3.8) is 0 Å². The van der Waals surface area contributed by atoms with Crippen molar-refractivity contribution < 1.29 is 0 Å². The van der Waals surface area contributed by atoms with Crippen LogP contribution in [0.5, 0.6) is 0 Å². The van der Waals surface area contributed by atoms with Gasteiger partial charge in [0.05, 0.1) is 0 Å². The molecule has 0 amide bonds. The van der Waals surface area contributed by atoms with Gasteiger partial charge in [0.25, 0.3) is 0 Å². The molecule has 0 saturated carbocycles. The van der Waals surface area contributed by atoms with Crippen molar-refractivity contribution >= 4 is 11.3 Å². The maximum Gasteiger partial charge on any atom is 0.0460 e. The van der Waals surface area contributed by atoms with Crippen molar-refractivity contribution in [1.82, 2.24) is 0 Å². The number of anilines is 1. The van der Waals surface area contributed by atoms with E-state index in [1.807, 2.05) is 6.92 Å². The molecule has 0 saturated heterocycles. The Hall–Kier alpha value is -1.50. The predicted octanol–water partition coefficient (Wildman–Crippen LogP) is 3.98. The third-order valence-electron chi connectivity index (χ3n) is 2.78. The van der Waals surface area contributed by atoms with Crippen molar-refractivity contribution in [3.8, 4) is 0 Å². The Kier molecular flexibility index (Phi) is 2.63. The van der Waals surface area contributed by atoms with Crippen LogP contribution in [0.15, 0.2) is 37.1 Å². The molecule has 15 heavy (non-hydrogen) atoms. The minimum Gasteiger partial charge on any atom is -0.359 e. The molecule has 2 rings (SSSR count). The number of rotatable bonds is 2. The minimum absolute atomic E-state index is 0.974. The number of aryl methyl sites for hydroxylation is 1. The number of fused-ring (bicyclic) bond motifs is 1. The highest BCUT2D eigenvalue weighted by molar-refractivity contribution is 5.79. The molecule has 0 heterocycles. The average molecular weight is 199 g/mol. The number of hydrogen-bond acceptors (Lipinski definition) is 1. The summed E-state index contributed by atoms with van der Waals surface area (Å²) in [6.07, 6.45) is 3.50. The standard InChI is InChI=1S/C14H17N/c1-10(2)15-13-9-5-8-12-7-4-6-11(3)14(12)13/h5,8-9,15H,1,3-4,6-7H2,2H3. The first kappa shape index (κ1) is 10.0. The third kappa shape index (κ3) is 1.96. The molecule has 1 aromatic rings. The normalized spacial score (nSPS) is 14.6. The Morgan fingerprint density at radius 3 is 2.87 bits per heavy atom. The highest BCUT2D eigenvalue weighted by atomic mass is 14.9. The summed E-state index contributed by atoms with van der Waals surface area (Å²) in [5, 5.41) is 3.31. The second-order valence-electron chi connectivity index (χ2n) is 4.20. The largest absolute Gasteiger partial charge is 0.359 e. The monoisotopic (exact) mass is 199 g/mol. The van der Waals surface area contributed by atoms with Gasteiger partial charge in [-0.3, -0.25) is 0 Å². The topological polar surface area (TPSA) is 12.0 Å². The molecule has 1 aliphatic rings. The number of benzene rings is 1. The fourth-order valence-corrected chi connectivity index (χ4v) is 2.18. The molecule has 1 N–H and O–H groups in total. The molecule has 1 aromatic carbocycles. The van der Waals surface area contributed by atoms with E-state index in [1.165, 1.54) is 29.5 Å². The SMILES string of the molecule is C=C(C)Nc1cccc2c1C(=C)CCC2. The van der Waals surface area contributed by atoms with Crippen LogP contribution in [0.25, 0.3) is 5.57 Å². The van der Waals surface area contributed by atoms with Crippen LogP contribution in [0.2, 0.25) is 0 Å². The Morgan fingerprint density at radius 2 is 2.13 bits per heavy atom. The minimum atomic E-state index is 0.974. The van der Waals surface area contributed by atoms with Crippen LogP contribution >= 0.6 is 0 Å². The first-order valence-corrected chi connectivity index (χ1v) is 5.41. The molecular weight excluding hydrogens is 182 g/mol. The molecule has 0 aliphatic heterocycles. The fraction of sp³-hybridized carbons (Fsp3) is 0.286. The van der Waals surface area contributed by atoms with E-state index in [0.29, 0.717) is 0 Å². The zero-order valence-corrected chi connectivity index (χ0v) is 9.27. The van der Waals surface area contributed by atoms with E-state index < -0.39 is 0 Å². The lowest BCUT2D eigenvalue weighted by Crippen LogP contribution is -2.06. The molecule has 0 radical (unpaired) electrons. The summed E-state index contributed by atoms with van der Waals surface area (Å²) in [5.74, 6) is 0. The van der Waals surface area contributed by atoms with Gasteiger partial charge in [0.15, 0.2) is 0 Å².